The number of hydrogen-bond acceptors (Lipinski definition) is 5. The normalized spacial score (nSPS) is 16.7. The quantitative estimate of drug-likeness (QED) is 0.509. The first-order valence-corrected chi connectivity index (χ1v) is 9.63. The highest BCUT2D eigenvalue weighted by Crippen LogP contribution is 2.38. The number of benzene rings is 1. The fourth-order valence-electron chi connectivity index (χ4n) is 2.59. The Morgan fingerprint density at radius 3 is 2.74 bits per heavy atom. The maximum absolute atomic E-state index is 11.9. The third-order valence-corrected chi connectivity index (χ3v) is 4.93. The third kappa shape index (κ3) is 4.48. The molecule has 0 fully saturated rings. The van der Waals surface area contributed by atoms with Crippen LogP contribution in [-0.4, -0.2) is 27.5 Å². The zero-order valence-corrected chi connectivity index (χ0v) is 14.9. The fourth-order valence-corrected chi connectivity index (χ4v) is 3.67. The van der Waals surface area contributed by atoms with Crippen LogP contribution in [0.2, 0.25) is 0 Å². The van der Waals surface area contributed by atoms with E-state index in [2.05, 4.69) is 19.2 Å². The number of carbonyl (C=O) groups excluding carboxylic acids is 1. The number of rotatable bonds is 4. The van der Waals surface area contributed by atoms with Crippen molar-refractivity contribution in [3.63, 3.8) is 0 Å². The lowest BCUT2D eigenvalue weighted by atomic mass is 9.82. The molecule has 2 rings (SSSR count). The van der Waals surface area contributed by atoms with Crippen molar-refractivity contribution < 1.29 is 17.9 Å². The van der Waals surface area contributed by atoms with E-state index in [1.807, 2.05) is 6.07 Å². The van der Waals surface area contributed by atoms with Crippen LogP contribution in [0, 0.1) is 5.41 Å². The van der Waals surface area contributed by atoms with Gasteiger partial charge in [-0.3, -0.25) is 0 Å². The van der Waals surface area contributed by atoms with Gasteiger partial charge in [0.05, 0.1) is 12.3 Å². The minimum Gasteiger partial charge on any atom is -0.463 e. The van der Waals surface area contributed by atoms with Crippen LogP contribution in [0.1, 0.15) is 31.9 Å². The number of ether oxygens (including phenoxy) is 1. The van der Waals surface area contributed by atoms with Crippen molar-refractivity contribution in [2.45, 2.75) is 32.1 Å². The summed E-state index contributed by atoms with van der Waals surface area (Å²) in [7, 11) is 1.67. The summed E-state index contributed by atoms with van der Waals surface area (Å²) in [6.07, 6.45) is 3.53. The smallest absolute Gasteiger partial charge is 0.330 e. The van der Waals surface area contributed by atoms with Gasteiger partial charge in [0.2, 0.25) is 0 Å². The lowest BCUT2D eigenvalue weighted by molar-refractivity contribution is -0.137. The van der Waals surface area contributed by atoms with Gasteiger partial charge in [-0.25, -0.2) is 13.2 Å². The monoisotopic (exact) mass is 357 g/mol. The highest BCUT2D eigenvalue weighted by Gasteiger charge is 2.29. The van der Waals surface area contributed by atoms with Gasteiger partial charge < -0.3 is 10.1 Å². The molecule has 0 aromatic heterocycles. The SMILES string of the molecule is CCOC(=O)/C=C/c1cc2c(c(S(=O)(=O)Cl)c1)NCC(C)(C)C2. The molecule has 1 aliphatic rings. The Hall–Kier alpha value is -1.53. The molecule has 1 aliphatic heterocycles. The van der Waals surface area contributed by atoms with Crippen molar-refractivity contribution >= 4 is 37.5 Å². The molecule has 0 spiro atoms. The molecule has 0 saturated heterocycles. The summed E-state index contributed by atoms with van der Waals surface area (Å²) in [6, 6.07) is 3.33. The summed E-state index contributed by atoms with van der Waals surface area (Å²) in [5, 5.41) is 3.16. The average molecular weight is 358 g/mol. The summed E-state index contributed by atoms with van der Waals surface area (Å²) in [5.74, 6) is -0.473. The minimum atomic E-state index is -3.89. The predicted molar refractivity (Wildman–Crippen MR) is 91.1 cm³/mol. The Labute approximate surface area is 141 Å². The van der Waals surface area contributed by atoms with Crippen LogP contribution in [0.25, 0.3) is 6.08 Å². The van der Waals surface area contributed by atoms with E-state index in [4.69, 9.17) is 15.4 Å². The van der Waals surface area contributed by atoms with Gasteiger partial charge in [-0.2, -0.15) is 0 Å². The van der Waals surface area contributed by atoms with E-state index in [1.165, 1.54) is 18.2 Å². The van der Waals surface area contributed by atoms with Crippen molar-refractivity contribution in [1.29, 1.82) is 0 Å². The van der Waals surface area contributed by atoms with Crippen molar-refractivity contribution in [3.05, 3.63) is 29.3 Å². The van der Waals surface area contributed by atoms with E-state index in [0.717, 1.165) is 12.0 Å². The summed E-state index contributed by atoms with van der Waals surface area (Å²) < 4.78 is 28.6. The number of halogens is 1. The molecule has 0 amide bonds. The van der Waals surface area contributed by atoms with Crippen molar-refractivity contribution in [3.8, 4) is 0 Å². The summed E-state index contributed by atoms with van der Waals surface area (Å²) in [6.45, 7) is 6.86. The van der Waals surface area contributed by atoms with Gasteiger partial charge in [-0.15, -0.1) is 0 Å². The first-order valence-electron chi connectivity index (χ1n) is 7.33. The number of nitrogens with one attached hydrogen (secondary N) is 1. The first-order chi connectivity index (χ1) is 10.6. The molecule has 0 radical (unpaired) electrons. The molecule has 0 atom stereocenters. The standard InChI is InChI=1S/C16H20ClNO4S/c1-4-22-14(19)6-5-11-7-12-9-16(2,3)10-18-15(12)13(8-11)23(17,20)21/h5-8,18H,4,9-10H2,1-3H3/b6-5+. The zero-order valence-electron chi connectivity index (χ0n) is 13.3. The number of carbonyl (C=O) groups is 1. The average Bonchev–Trinajstić information content (AvgIpc) is 2.42. The van der Waals surface area contributed by atoms with Crippen molar-refractivity contribution in [1.82, 2.24) is 0 Å². The number of fused-ring (bicyclic) bond motifs is 1. The molecule has 0 aliphatic carbocycles. The van der Waals surface area contributed by atoms with Crippen LogP contribution in [0.15, 0.2) is 23.1 Å². The maximum Gasteiger partial charge on any atom is 0.330 e. The van der Waals surface area contributed by atoms with Gasteiger partial charge in [-0.05, 0) is 48.1 Å². The van der Waals surface area contributed by atoms with E-state index < -0.39 is 15.0 Å². The Balaban J connectivity index is 2.48. The molecule has 126 valence electrons. The van der Waals surface area contributed by atoms with Gasteiger partial charge in [0.1, 0.15) is 4.90 Å². The van der Waals surface area contributed by atoms with Crippen LogP contribution in [0.5, 0.6) is 0 Å². The third-order valence-electron chi connectivity index (χ3n) is 3.58. The van der Waals surface area contributed by atoms with Crippen molar-refractivity contribution in [2.75, 3.05) is 18.5 Å². The second-order valence-electron chi connectivity index (χ2n) is 6.27. The first kappa shape index (κ1) is 17.8. The van der Waals surface area contributed by atoms with Crippen LogP contribution in [0.3, 0.4) is 0 Å². The van der Waals surface area contributed by atoms with E-state index in [1.54, 1.807) is 6.92 Å². The second-order valence-corrected chi connectivity index (χ2v) is 8.81. The van der Waals surface area contributed by atoms with E-state index >= 15 is 0 Å². The number of anilines is 1. The van der Waals surface area contributed by atoms with Crippen LogP contribution in [0.4, 0.5) is 5.69 Å². The largest absolute Gasteiger partial charge is 0.463 e. The van der Waals surface area contributed by atoms with E-state index in [0.29, 0.717) is 17.8 Å². The Kier molecular flexibility index (Phi) is 5.06. The Morgan fingerprint density at radius 2 is 2.13 bits per heavy atom. The summed E-state index contributed by atoms with van der Waals surface area (Å²) >= 11 is 0. The maximum atomic E-state index is 11.9. The predicted octanol–water partition coefficient (Wildman–Crippen LogP) is 3.18. The van der Waals surface area contributed by atoms with Crippen molar-refractivity contribution in [2.24, 2.45) is 5.41 Å². The second kappa shape index (κ2) is 6.53. The molecule has 23 heavy (non-hydrogen) atoms. The Morgan fingerprint density at radius 1 is 1.43 bits per heavy atom. The molecular weight excluding hydrogens is 338 g/mol. The van der Waals surface area contributed by atoms with Crippen LogP contribution < -0.4 is 5.32 Å². The summed E-state index contributed by atoms with van der Waals surface area (Å²) in [4.78, 5) is 11.5. The molecule has 1 aromatic rings. The molecule has 1 heterocycles. The molecule has 1 aromatic carbocycles. The molecule has 5 nitrogen and oxygen atoms in total. The molecule has 0 bridgehead atoms. The molecule has 7 heteroatoms. The lowest BCUT2D eigenvalue weighted by Crippen LogP contribution is -2.31. The molecule has 0 unspecified atom stereocenters. The van der Waals surface area contributed by atoms with Gasteiger partial charge in [0.25, 0.3) is 9.05 Å². The zero-order chi connectivity index (χ0) is 17.3. The number of esters is 1. The van der Waals surface area contributed by atoms with E-state index in [-0.39, 0.29) is 16.9 Å². The summed E-state index contributed by atoms with van der Waals surface area (Å²) in [5.41, 5.74) is 2.01. The van der Waals surface area contributed by atoms with Gasteiger partial charge >= 0.3 is 5.97 Å². The minimum absolute atomic E-state index is 0.00379. The topological polar surface area (TPSA) is 72.5 Å². The highest BCUT2D eigenvalue weighted by molar-refractivity contribution is 8.13. The molecule has 1 N–H and O–H groups in total. The fraction of sp³-hybridized carbons (Fsp3) is 0.438. The van der Waals surface area contributed by atoms with Gasteiger partial charge in [-0.1, -0.05) is 13.8 Å². The molecular formula is C16H20ClNO4S. The lowest BCUT2D eigenvalue weighted by Gasteiger charge is -2.33. The van der Waals surface area contributed by atoms with Gasteiger partial charge in [0, 0.05) is 23.3 Å². The van der Waals surface area contributed by atoms with E-state index in [9.17, 15) is 13.2 Å². The Bertz CT molecular complexity index is 754. The van der Waals surface area contributed by atoms with Gasteiger partial charge in [0.15, 0.2) is 0 Å². The number of hydrogen-bond donors (Lipinski definition) is 1. The van der Waals surface area contributed by atoms with Crippen LogP contribution in [-0.2, 0) is 25.0 Å². The molecule has 0 saturated carbocycles. The van der Waals surface area contributed by atoms with Crippen LogP contribution >= 0.6 is 10.7 Å². The highest BCUT2D eigenvalue weighted by atomic mass is 35.7.